The summed E-state index contributed by atoms with van der Waals surface area (Å²) >= 11 is 0. The molecule has 0 unspecified atom stereocenters. The largest absolute Gasteiger partial charge is 0.376 e. The summed E-state index contributed by atoms with van der Waals surface area (Å²) in [7, 11) is 0. The molecule has 1 aromatic carbocycles. The van der Waals surface area contributed by atoms with E-state index in [0.717, 1.165) is 29.8 Å². The zero-order valence-electron chi connectivity index (χ0n) is 10.3. The minimum atomic E-state index is 0.328. The van der Waals surface area contributed by atoms with E-state index >= 15 is 0 Å². The summed E-state index contributed by atoms with van der Waals surface area (Å²) in [4.78, 5) is 3.45. The van der Waals surface area contributed by atoms with Crippen molar-refractivity contribution < 1.29 is 9.26 Å². The average Bonchev–Trinajstić information content (AvgIpc) is 3.01. The van der Waals surface area contributed by atoms with Crippen molar-refractivity contribution in [3.05, 3.63) is 35.5 Å². The first-order valence-corrected chi connectivity index (χ1v) is 6.25. The highest BCUT2D eigenvalue weighted by atomic mass is 16.5. The van der Waals surface area contributed by atoms with Crippen molar-refractivity contribution in [3.63, 3.8) is 0 Å². The lowest BCUT2D eigenvalue weighted by atomic mass is 10.0. The first-order chi connectivity index (χ1) is 9.31. The van der Waals surface area contributed by atoms with E-state index < -0.39 is 0 Å². The molecule has 4 rings (SSSR count). The number of benzene rings is 1. The van der Waals surface area contributed by atoms with Crippen molar-refractivity contribution in [2.24, 2.45) is 0 Å². The van der Waals surface area contributed by atoms with Crippen molar-refractivity contribution >= 4 is 16.8 Å². The molecule has 0 radical (unpaired) electrons. The number of nitrogens with zero attached hydrogens (tertiary/aromatic N) is 1. The average molecular weight is 255 g/mol. The van der Waals surface area contributed by atoms with Gasteiger partial charge >= 0.3 is 0 Å². The van der Waals surface area contributed by atoms with Crippen LogP contribution in [-0.2, 0) is 17.8 Å². The Morgan fingerprint density at radius 2 is 2.21 bits per heavy atom. The zero-order chi connectivity index (χ0) is 12.8. The van der Waals surface area contributed by atoms with E-state index in [2.05, 4.69) is 22.3 Å². The van der Waals surface area contributed by atoms with E-state index in [1.807, 2.05) is 6.07 Å². The third-order valence-corrected chi connectivity index (χ3v) is 3.56. The third kappa shape index (κ3) is 1.62. The van der Waals surface area contributed by atoms with Gasteiger partial charge in [-0.1, -0.05) is 11.2 Å². The Balaban J connectivity index is 1.90. The molecular weight excluding hydrogens is 242 g/mol. The van der Waals surface area contributed by atoms with Gasteiger partial charge in [0.2, 0.25) is 5.88 Å². The monoisotopic (exact) mass is 255 g/mol. The van der Waals surface area contributed by atoms with E-state index in [-0.39, 0.29) is 0 Å². The van der Waals surface area contributed by atoms with Crippen molar-refractivity contribution in [1.29, 1.82) is 0 Å². The minimum Gasteiger partial charge on any atom is -0.376 e. The molecule has 0 fully saturated rings. The molecule has 0 aliphatic carbocycles. The predicted molar refractivity (Wildman–Crippen MR) is 71.6 cm³/mol. The van der Waals surface area contributed by atoms with Gasteiger partial charge in [0.15, 0.2) is 0 Å². The van der Waals surface area contributed by atoms with E-state index in [1.54, 1.807) is 6.07 Å². The summed E-state index contributed by atoms with van der Waals surface area (Å²) in [6, 6.07) is 7.92. The van der Waals surface area contributed by atoms with Crippen molar-refractivity contribution in [2.75, 3.05) is 12.3 Å². The first kappa shape index (κ1) is 10.6. The predicted octanol–water partition coefficient (Wildman–Crippen LogP) is 2.48. The summed E-state index contributed by atoms with van der Waals surface area (Å²) in [5.41, 5.74) is 11.0. The molecule has 5 nitrogen and oxygen atoms in total. The number of ether oxygens (including phenoxy) is 1. The number of hydrogen-bond donors (Lipinski definition) is 2. The van der Waals surface area contributed by atoms with Gasteiger partial charge in [0.25, 0.3) is 0 Å². The van der Waals surface area contributed by atoms with Crippen LogP contribution in [0.5, 0.6) is 0 Å². The fourth-order valence-corrected chi connectivity index (χ4v) is 2.61. The molecule has 3 heterocycles. The number of anilines is 1. The van der Waals surface area contributed by atoms with Crippen LogP contribution in [0.3, 0.4) is 0 Å². The van der Waals surface area contributed by atoms with Crippen molar-refractivity contribution in [2.45, 2.75) is 13.0 Å². The van der Waals surface area contributed by atoms with Crippen LogP contribution in [0.2, 0.25) is 0 Å². The summed E-state index contributed by atoms with van der Waals surface area (Å²) in [6.45, 7) is 1.45. The van der Waals surface area contributed by atoms with Crippen molar-refractivity contribution in [3.8, 4) is 11.3 Å². The van der Waals surface area contributed by atoms with Crippen LogP contribution in [0.1, 0.15) is 11.3 Å². The second-order valence-electron chi connectivity index (χ2n) is 4.76. The van der Waals surface area contributed by atoms with Crippen LogP contribution in [0.25, 0.3) is 22.2 Å². The van der Waals surface area contributed by atoms with Gasteiger partial charge in [0.05, 0.1) is 13.2 Å². The molecule has 0 spiro atoms. The number of rotatable bonds is 1. The molecule has 0 saturated heterocycles. The highest BCUT2D eigenvalue weighted by Gasteiger charge is 2.16. The van der Waals surface area contributed by atoms with Crippen LogP contribution in [0.15, 0.2) is 28.8 Å². The Kier molecular flexibility index (Phi) is 2.16. The Morgan fingerprint density at radius 3 is 3.05 bits per heavy atom. The number of nitrogen functional groups attached to an aromatic ring is 1. The maximum absolute atomic E-state index is 5.56. The van der Waals surface area contributed by atoms with Gasteiger partial charge in [0, 0.05) is 40.2 Å². The Labute approximate surface area is 109 Å². The summed E-state index contributed by atoms with van der Waals surface area (Å²) in [5, 5.41) is 5.14. The number of nitrogens with one attached hydrogen (secondary N) is 1. The zero-order valence-corrected chi connectivity index (χ0v) is 10.3. The van der Waals surface area contributed by atoms with Crippen LogP contribution in [0, 0.1) is 0 Å². The van der Waals surface area contributed by atoms with Crippen molar-refractivity contribution in [1.82, 2.24) is 10.1 Å². The fourth-order valence-electron chi connectivity index (χ4n) is 2.61. The van der Waals surface area contributed by atoms with Gasteiger partial charge in [-0.25, -0.2) is 0 Å². The van der Waals surface area contributed by atoms with E-state index in [4.69, 9.17) is 15.0 Å². The summed E-state index contributed by atoms with van der Waals surface area (Å²) < 4.78 is 10.5. The summed E-state index contributed by atoms with van der Waals surface area (Å²) in [6.07, 6.45) is 0.941. The lowest BCUT2D eigenvalue weighted by Crippen LogP contribution is -2.08. The number of H-pyrrole nitrogens is 1. The first-order valence-electron chi connectivity index (χ1n) is 6.25. The lowest BCUT2D eigenvalue weighted by molar-refractivity contribution is 0.111. The number of aromatic nitrogens is 2. The van der Waals surface area contributed by atoms with Crippen LogP contribution < -0.4 is 5.73 Å². The molecule has 0 saturated carbocycles. The molecule has 0 amide bonds. The van der Waals surface area contributed by atoms with Gasteiger partial charge < -0.3 is 20.0 Å². The van der Waals surface area contributed by atoms with E-state index in [0.29, 0.717) is 12.5 Å². The molecule has 2 aromatic heterocycles. The molecule has 0 bridgehead atoms. The number of hydrogen-bond acceptors (Lipinski definition) is 4. The second-order valence-corrected chi connectivity index (χ2v) is 4.76. The third-order valence-electron chi connectivity index (χ3n) is 3.56. The molecule has 3 N–H and O–H groups in total. The van der Waals surface area contributed by atoms with Crippen LogP contribution in [-0.4, -0.2) is 16.7 Å². The molecule has 5 heteroatoms. The van der Waals surface area contributed by atoms with E-state index in [1.165, 1.54) is 16.6 Å². The van der Waals surface area contributed by atoms with Gasteiger partial charge in [0.1, 0.15) is 5.69 Å². The summed E-state index contributed by atoms with van der Waals surface area (Å²) in [5.74, 6) is 0.328. The van der Waals surface area contributed by atoms with Crippen LogP contribution in [0.4, 0.5) is 5.88 Å². The molecule has 0 atom stereocenters. The fraction of sp³-hybridized carbons (Fsp3) is 0.214. The molecule has 96 valence electrons. The maximum atomic E-state index is 5.56. The lowest BCUT2D eigenvalue weighted by Gasteiger charge is -2.11. The normalized spacial score (nSPS) is 14.7. The SMILES string of the molecule is Nc1cc(-c2ccc3[nH]c4c(c3c2)COCC4)no1. The van der Waals surface area contributed by atoms with Gasteiger partial charge in [-0.15, -0.1) is 0 Å². The standard InChI is InChI=1S/C14H13N3O2/c15-14-6-13(17-19-14)8-1-2-11-9(5-8)10-7-18-4-3-12(10)16-11/h1-2,5-6,16H,3-4,7,15H2. The Morgan fingerprint density at radius 1 is 1.26 bits per heavy atom. The number of fused-ring (bicyclic) bond motifs is 3. The van der Waals surface area contributed by atoms with Gasteiger partial charge in [-0.2, -0.15) is 0 Å². The Bertz CT molecular complexity index is 757. The maximum Gasteiger partial charge on any atom is 0.222 e. The number of nitrogens with two attached hydrogens (primary N) is 1. The molecule has 1 aliphatic heterocycles. The van der Waals surface area contributed by atoms with Gasteiger partial charge in [-0.05, 0) is 12.1 Å². The van der Waals surface area contributed by atoms with Gasteiger partial charge in [-0.3, -0.25) is 0 Å². The second kappa shape index (κ2) is 3.86. The smallest absolute Gasteiger partial charge is 0.222 e. The van der Waals surface area contributed by atoms with E-state index in [9.17, 15) is 0 Å². The Hall–Kier alpha value is -2.27. The molecule has 19 heavy (non-hydrogen) atoms. The minimum absolute atomic E-state index is 0.328. The quantitative estimate of drug-likeness (QED) is 0.700. The molecule has 1 aliphatic rings. The van der Waals surface area contributed by atoms with Crippen LogP contribution >= 0.6 is 0 Å². The number of aromatic amines is 1. The highest BCUT2D eigenvalue weighted by molar-refractivity contribution is 5.88. The topological polar surface area (TPSA) is 77.1 Å². The molecular formula is C14H13N3O2. The molecule has 3 aromatic rings. The highest BCUT2D eigenvalue weighted by Crippen LogP contribution is 2.30.